The minimum Gasteiger partial charge on any atom is -0.480 e. The van der Waals surface area contributed by atoms with Gasteiger partial charge in [0.15, 0.2) is 0 Å². The van der Waals surface area contributed by atoms with Crippen LogP contribution in [0.2, 0.25) is 0 Å². The van der Waals surface area contributed by atoms with E-state index < -0.39 is 54.0 Å². The largest absolute Gasteiger partial charge is 0.480 e. The van der Waals surface area contributed by atoms with Gasteiger partial charge >= 0.3 is 5.97 Å². The topological polar surface area (TPSA) is 171 Å². The first-order chi connectivity index (χ1) is 13.0. The molecule has 0 aromatic carbocycles. The summed E-state index contributed by atoms with van der Waals surface area (Å²) in [5.74, 6) is -3.86. The molecule has 6 atom stereocenters. The van der Waals surface area contributed by atoms with Crippen molar-refractivity contribution in [2.24, 2.45) is 11.7 Å². The van der Waals surface area contributed by atoms with Gasteiger partial charge in [-0.05, 0) is 12.8 Å². The summed E-state index contributed by atoms with van der Waals surface area (Å²) in [7, 11) is 0. The normalized spacial score (nSPS) is 17.4. The van der Waals surface area contributed by atoms with Gasteiger partial charge in [-0.1, -0.05) is 20.3 Å². The monoisotopic (exact) mass is 438 g/mol. The Morgan fingerprint density at radius 2 is 1.43 bits per heavy atom. The van der Waals surface area contributed by atoms with E-state index in [9.17, 15) is 24.3 Å². The van der Waals surface area contributed by atoms with E-state index in [1.165, 1.54) is 6.92 Å². The van der Waals surface area contributed by atoms with Crippen LogP contribution in [-0.4, -0.2) is 75.7 Å². The molecule has 0 radical (unpaired) electrons. The number of carbonyl (C=O) groups is 4. The second-order valence-corrected chi connectivity index (χ2v) is 7.19. The Labute approximate surface area is 175 Å². The molecule has 7 N–H and O–H groups in total. The van der Waals surface area contributed by atoms with Crippen molar-refractivity contribution >= 4 is 48.9 Å². The van der Waals surface area contributed by atoms with Crippen LogP contribution in [0, 0.1) is 5.92 Å². The third-order valence-corrected chi connectivity index (χ3v) is 4.96. The zero-order chi connectivity index (χ0) is 22.0. The number of nitrogens with two attached hydrogens (primary N) is 1. The van der Waals surface area contributed by atoms with Crippen LogP contribution in [0.1, 0.15) is 27.2 Å². The predicted octanol–water partition coefficient (Wildman–Crippen LogP) is -1.86. The third kappa shape index (κ3) is 8.25. The van der Waals surface area contributed by atoms with E-state index in [1.807, 2.05) is 6.92 Å². The number of thiol groups is 2. The minimum absolute atomic E-state index is 0.0924. The molecule has 0 aliphatic heterocycles. The minimum atomic E-state index is -1.26. The molecule has 0 spiro atoms. The Hall–Kier alpha value is -1.50. The van der Waals surface area contributed by atoms with Gasteiger partial charge in [-0.25, -0.2) is 4.79 Å². The van der Waals surface area contributed by atoms with E-state index in [0.717, 1.165) is 0 Å². The molecule has 10 nitrogen and oxygen atoms in total. The third-order valence-electron chi connectivity index (χ3n) is 4.23. The molecule has 0 saturated heterocycles. The first kappa shape index (κ1) is 26.5. The molecule has 0 saturated carbocycles. The number of aliphatic hydroxyl groups excluding tert-OH is 1. The first-order valence-corrected chi connectivity index (χ1v) is 10.1. The number of carboxylic acids is 1. The molecule has 0 aromatic rings. The van der Waals surface area contributed by atoms with Gasteiger partial charge in [0, 0.05) is 11.5 Å². The molecule has 0 rings (SSSR count). The highest BCUT2D eigenvalue weighted by molar-refractivity contribution is 7.80. The zero-order valence-electron chi connectivity index (χ0n) is 16.1. The molecule has 0 heterocycles. The fourth-order valence-corrected chi connectivity index (χ4v) is 2.59. The van der Waals surface area contributed by atoms with E-state index in [2.05, 4.69) is 41.2 Å². The van der Waals surface area contributed by atoms with E-state index >= 15 is 0 Å². The van der Waals surface area contributed by atoms with Crippen molar-refractivity contribution in [1.29, 1.82) is 0 Å². The molecule has 12 heteroatoms. The quantitative estimate of drug-likeness (QED) is 0.165. The molecule has 0 aliphatic carbocycles. The molecule has 28 heavy (non-hydrogen) atoms. The van der Waals surface area contributed by atoms with Crippen LogP contribution in [0.25, 0.3) is 0 Å². The maximum absolute atomic E-state index is 12.7. The average molecular weight is 439 g/mol. The molecule has 162 valence electrons. The van der Waals surface area contributed by atoms with Gasteiger partial charge in [0.05, 0.1) is 6.10 Å². The van der Waals surface area contributed by atoms with Gasteiger partial charge in [0.1, 0.15) is 24.2 Å². The predicted molar refractivity (Wildman–Crippen MR) is 110 cm³/mol. The summed E-state index contributed by atoms with van der Waals surface area (Å²) in [6, 6.07) is -4.55. The average Bonchev–Trinajstić information content (AvgIpc) is 2.65. The summed E-state index contributed by atoms with van der Waals surface area (Å²) >= 11 is 7.88. The lowest BCUT2D eigenvalue weighted by molar-refractivity contribution is -0.141. The van der Waals surface area contributed by atoms with Crippen molar-refractivity contribution in [2.45, 2.75) is 57.5 Å². The molecule has 0 fully saturated rings. The van der Waals surface area contributed by atoms with E-state index in [1.54, 1.807) is 6.92 Å². The van der Waals surface area contributed by atoms with Crippen molar-refractivity contribution < 1.29 is 29.4 Å². The van der Waals surface area contributed by atoms with Gasteiger partial charge in [-0.2, -0.15) is 25.3 Å². The van der Waals surface area contributed by atoms with Crippen LogP contribution >= 0.6 is 25.3 Å². The summed E-state index contributed by atoms with van der Waals surface area (Å²) in [4.78, 5) is 48.1. The van der Waals surface area contributed by atoms with Crippen LogP contribution in [0.15, 0.2) is 0 Å². The lowest BCUT2D eigenvalue weighted by Crippen LogP contribution is -2.60. The van der Waals surface area contributed by atoms with E-state index in [0.29, 0.717) is 6.42 Å². The van der Waals surface area contributed by atoms with Gasteiger partial charge in [0.25, 0.3) is 0 Å². The summed E-state index contributed by atoms with van der Waals surface area (Å²) in [5, 5.41) is 25.6. The van der Waals surface area contributed by atoms with Crippen molar-refractivity contribution in [3.8, 4) is 0 Å². The van der Waals surface area contributed by atoms with Crippen molar-refractivity contribution in [2.75, 3.05) is 11.5 Å². The number of carboxylic acid groups (broad SMARTS) is 1. The molecular weight excluding hydrogens is 408 g/mol. The molecule has 3 amide bonds. The van der Waals surface area contributed by atoms with E-state index in [4.69, 9.17) is 10.8 Å². The van der Waals surface area contributed by atoms with Crippen LogP contribution < -0.4 is 21.7 Å². The summed E-state index contributed by atoms with van der Waals surface area (Å²) < 4.78 is 0. The molecule has 6 unspecified atom stereocenters. The maximum atomic E-state index is 12.7. The number of rotatable bonds is 12. The van der Waals surface area contributed by atoms with Crippen LogP contribution in [0.3, 0.4) is 0 Å². The number of aliphatic carboxylic acids is 1. The van der Waals surface area contributed by atoms with Crippen LogP contribution in [0.5, 0.6) is 0 Å². The summed E-state index contributed by atoms with van der Waals surface area (Å²) in [6.07, 6.45) is -0.563. The number of carbonyl (C=O) groups excluding carboxylic acids is 3. The SMILES string of the molecule is CCC(C)C(NC(=O)C(N)C(C)O)C(=O)NC(CS)C(=O)NC(CS)C(=O)O. The van der Waals surface area contributed by atoms with Gasteiger partial charge in [-0.3, -0.25) is 14.4 Å². The second kappa shape index (κ2) is 12.9. The van der Waals surface area contributed by atoms with Gasteiger partial charge in [0.2, 0.25) is 17.7 Å². The number of hydrogen-bond acceptors (Lipinski definition) is 8. The Bertz CT molecular complexity index is 563. The van der Waals surface area contributed by atoms with E-state index in [-0.39, 0.29) is 17.4 Å². The number of aliphatic hydroxyl groups is 1. The summed E-state index contributed by atoms with van der Waals surface area (Å²) in [5.41, 5.74) is 5.59. The zero-order valence-corrected chi connectivity index (χ0v) is 17.9. The van der Waals surface area contributed by atoms with Crippen molar-refractivity contribution in [1.82, 2.24) is 16.0 Å². The standard InChI is InChI=1S/C16H30N4O6S2/c1-4-7(2)12(20-14(23)11(17)8(3)21)15(24)18-9(5-27)13(22)19-10(6-28)16(25)26/h7-12,21,27-28H,4-6,17H2,1-3H3,(H,18,24)(H,19,22)(H,20,23)(H,25,26). The number of hydrogen-bond donors (Lipinski definition) is 8. The van der Waals surface area contributed by atoms with Gasteiger partial charge < -0.3 is 31.9 Å². The smallest absolute Gasteiger partial charge is 0.327 e. The molecule has 0 aliphatic rings. The van der Waals surface area contributed by atoms with Crippen molar-refractivity contribution in [3.63, 3.8) is 0 Å². The molecule has 0 bridgehead atoms. The van der Waals surface area contributed by atoms with Crippen LogP contribution in [-0.2, 0) is 19.2 Å². The maximum Gasteiger partial charge on any atom is 0.327 e. The molecule has 0 aromatic heterocycles. The lowest BCUT2D eigenvalue weighted by atomic mass is 9.97. The Kier molecular flexibility index (Phi) is 12.2. The lowest BCUT2D eigenvalue weighted by Gasteiger charge is -2.27. The van der Waals surface area contributed by atoms with Crippen molar-refractivity contribution in [3.05, 3.63) is 0 Å². The molecular formula is C16H30N4O6S2. The highest BCUT2D eigenvalue weighted by Gasteiger charge is 2.32. The highest BCUT2D eigenvalue weighted by atomic mass is 32.1. The Morgan fingerprint density at radius 1 is 0.929 bits per heavy atom. The first-order valence-electron chi connectivity index (χ1n) is 8.79. The Morgan fingerprint density at radius 3 is 1.82 bits per heavy atom. The number of amides is 3. The summed E-state index contributed by atoms with van der Waals surface area (Å²) in [6.45, 7) is 4.90. The Balaban J connectivity index is 5.23. The fourth-order valence-electron chi connectivity index (χ4n) is 2.08. The highest BCUT2D eigenvalue weighted by Crippen LogP contribution is 2.09. The fraction of sp³-hybridized carbons (Fsp3) is 0.750. The number of nitrogens with one attached hydrogen (secondary N) is 3. The van der Waals surface area contributed by atoms with Crippen LogP contribution in [0.4, 0.5) is 0 Å². The van der Waals surface area contributed by atoms with Gasteiger partial charge in [-0.15, -0.1) is 0 Å². The second-order valence-electron chi connectivity index (χ2n) is 6.46.